The lowest BCUT2D eigenvalue weighted by atomic mass is 9.90. The third kappa shape index (κ3) is 9.56. The van der Waals surface area contributed by atoms with Crippen molar-refractivity contribution in [2.24, 2.45) is 0 Å². The highest BCUT2D eigenvalue weighted by Gasteiger charge is 2.19. The van der Waals surface area contributed by atoms with Crippen LogP contribution in [0.4, 0.5) is 34.1 Å². The smallest absolute Gasteiger partial charge is 0.0540 e. The SMILES string of the molecule is C(=Cc1ccc(N(c2ccccc2)c2ccc(-c3ccc(-c4ccc(-c5ccc(N(c6ccccc6)c6ccc(C=Cc7ccccc7)cc6)c6ccccc56)cc4)c4ccccc34)cc2)cc1)c1ccccc1. The lowest BCUT2D eigenvalue weighted by Crippen LogP contribution is -2.10. The molecule has 350 valence electrons. The Bertz CT molecular complexity index is 3880. The monoisotopic (exact) mass is 944 g/mol. The van der Waals surface area contributed by atoms with Gasteiger partial charge in [-0.2, -0.15) is 0 Å². The Labute approximate surface area is 434 Å². The van der Waals surface area contributed by atoms with Crippen LogP contribution >= 0.6 is 0 Å². The highest BCUT2D eigenvalue weighted by molar-refractivity contribution is 6.08. The number of hydrogen-bond donors (Lipinski definition) is 0. The van der Waals surface area contributed by atoms with Gasteiger partial charge in [-0.1, -0.05) is 249 Å². The van der Waals surface area contributed by atoms with Crippen LogP contribution < -0.4 is 9.80 Å². The van der Waals surface area contributed by atoms with Crippen LogP contribution in [-0.4, -0.2) is 0 Å². The second kappa shape index (κ2) is 20.9. The highest BCUT2D eigenvalue weighted by Crippen LogP contribution is 2.44. The van der Waals surface area contributed by atoms with E-state index in [-0.39, 0.29) is 0 Å². The van der Waals surface area contributed by atoms with Crippen molar-refractivity contribution in [2.45, 2.75) is 0 Å². The van der Waals surface area contributed by atoms with Gasteiger partial charge in [0, 0.05) is 33.8 Å². The molecule has 0 heterocycles. The molecule has 12 aromatic carbocycles. The van der Waals surface area contributed by atoms with Crippen molar-refractivity contribution >= 4 is 80.0 Å². The summed E-state index contributed by atoms with van der Waals surface area (Å²) in [6.07, 6.45) is 8.66. The van der Waals surface area contributed by atoms with E-state index < -0.39 is 0 Å². The third-order valence-electron chi connectivity index (χ3n) is 13.9. The summed E-state index contributed by atoms with van der Waals surface area (Å²) in [7, 11) is 0. The predicted octanol–water partition coefficient (Wildman–Crippen LogP) is 20.3. The van der Waals surface area contributed by atoms with Crippen molar-refractivity contribution in [1.29, 1.82) is 0 Å². The first-order chi connectivity index (χ1) is 36.7. The molecule has 0 amide bonds. The number of nitrogens with zero attached hydrogens (tertiary/aromatic N) is 2. The summed E-state index contributed by atoms with van der Waals surface area (Å²) in [5.41, 5.74) is 18.5. The van der Waals surface area contributed by atoms with E-state index in [9.17, 15) is 0 Å². The van der Waals surface area contributed by atoms with Crippen molar-refractivity contribution in [2.75, 3.05) is 9.80 Å². The van der Waals surface area contributed by atoms with Crippen LogP contribution in [0.1, 0.15) is 22.3 Å². The van der Waals surface area contributed by atoms with E-state index in [2.05, 4.69) is 313 Å². The Kier molecular flexibility index (Phi) is 12.8. The van der Waals surface area contributed by atoms with Gasteiger partial charge in [-0.15, -0.1) is 0 Å². The molecule has 0 aliphatic carbocycles. The number of benzene rings is 12. The Morgan fingerprint density at radius 1 is 0.189 bits per heavy atom. The highest BCUT2D eigenvalue weighted by atomic mass is 15.1. The van der Waals surface area contributed by atoms with E-state index >= 15 is 0 Å². The molecule has 0 atom stereocenters. The first-order valence-corrected chi connectivity index (χ1v) is 25.3. The number of fused-ring (bicyclic) bond motifs is 2. The Morgan fingerprint density at radius 2 is 0.459 bits per heavy atom. The van der Waals surface area contributed by atoms with Crippen LogP contribution in [0.5, 0.6) is 0 Å². The molecule has 74 heavy (non-hydrogen) atoms. The first kappa shape index (κ1) is 45.4. The van der Waals surface area contributed by atoms with Gasteiger partial charge < -0.3 is 9.80 Å². The van der Waals surface area contributed by atoms with Crippen LogP contribution in [0.2, 0.25) is 0 Å². The molecular weight excluding hydrogens is 893 g/mol. The van der Waals surface area contributed by atoms with Gasteiger partial charge in [0.1, 0.15) is 0 Å². The quantitative estimate of drug-likeness (QED) is 0.106. The second-order valence-corrected chi connectivity index (χ2v) is 18.5. The third-order valence-corrected chi connectivity index (χ3v) is 13.9. The van der Waals surface area contributed by atoms with Crippen LogP contribution in [0.3, 0.4) is 0 Å². The minimum atomic E-state index is 1.10. The fraction of sp³-hybridized carbons (Fsp3) is 0. The van der Waals surface area contributed by atoms with E-state index in [1.165, 1.54) is 66.1 Å². The van der Waals surface area contributed by atoms with Crippen molar-refractivity contribution in [1.82, 2.24) is 0 Å². The first-order valence-electron chi connectivity index (χ1n) is 25.3. The minimum Gasteiger partial charge on any atom is -0.311 e. The number of para-hydroxylation sites is 2. The zero-order chi connectivity index (χ0) is 49.5. The Hall–Kier alpha value is -9.76. The summed E-state index contributed by atoms with van der Waals surface area (Å²) in [6, 6.07) is 105. The largest absolute Gasteiger partial charge is 0.311 e. The molecule has 0 spiro atoms. The molecule has 0 aromatic heterocycles. The van der Waals surface area contributed by atoms with Crippen LogP contribution in [0, 0.1) is 0 Å². The average molecular weight is 945 g/mol. The summed E-state index contributed by atoms with van der Waals surface area (Å²) in [4.78, 5) is 4.69. The molecule has 12 rings (SSSR count). The molecule has 0 N–H and O–H groups in total. The molecular formula is C72H52N2. The number of hydrogen-bond acceptors (Lipinski definition) is 2. The number of rotatable bonds is 13. The zero-order valence-electron chi connectivity index (χ0n) is 40.9. The van der Waals surface area contributed by atoms with Gasteiger partial charge in [-0.3, -0.25) is 0 Å². The Morgan fingerprint density at radius 3 is 0.878 bits per heavy atom. The second-order valence-electron chi connectivity index (χ2n) is 18.5. The van der Waals surface area contributed by atoms with E-state index in [0.29, 0.717) is 0 Å². The summed E-state index contributed by atoms with van der Waals surface area (Å²) >= 11 is 0. The minimum absolute atomic E-state index is 1.10. The topological polar surface area (TPSA) is 6.48 Å². The molecule has 0 radical (unpaired) electrons. The molecule has 0 aliphatic rings. The normalized spacial score (nSPS) is 11.4. The molecule has 12 aromatic rings. The van der Waals surface area contributed by atoms with E-state index in [1.54, 1.807) is 0 Å². The van der Waals surface area contributed by atoms with E-state index in [4.69, 9.17) is 0 Å². The van der Waals surface area contributed by atoms with Gasteiger partial charge in [0.05, 0.1) is 5.69 Å². The lowest BCUT2D eigenvalue weighted by Gasteiger charge is -2.27. The van der Waals surface area contributed by atoms with Gasteiger partial charge in [0.15, 0.2) is 0 Å². The predicted molar refractivity (Wildman–Crippen MR) is 318 cm³/mol. The zero-order valence-corrected chi connectivity index (χ0v) is 40.9. The number of anilines is 6. The maximum absolute atomic E-state index is 2.37. The summed E-state index contributed by atoms with van der Waals surface area (Å²) in [5.74, 6) is 0. The maximum Gasteiger partial charge on any atom is 0.0540 e. The van der Waals surface area contributed by atoms with Gasteiger partial charge in [-0.05, 0) is 139 Å². The van der Waals surface area contributed by atoms with Crippen LogP contribution in [0.15, 0.2) is 291 Å². The fourth-order valence-corrected chi connectivity index (χ4v) is 10.2. The van der Waals surface area contributed by atoms with Crippen LogP contribution in [-0.2, 0) is 0 Å². The summed E-state index contributed by atoms with van der Waals surface area (Å²) in [5, 5.41) is 4.85. The molecule has 0 unspecified atom stereocenters. The van der Waals surface area contributed by atoms with E-state index in [1.807, 2.05) is 12.1 Å². The molecule has 0 saturated heterocycles. The van der Waals surface area contributed by atoms with Gasteiger partial charge >= 0.3 is 0 Å². The fourth-order valence-electron chi connectivity index (χ4n) is 10.2. The standard InChI is InChI=1S/C72H52N2/c1-5-17-53(18-6-1)29-31-55-33-43-62(44-34-55)73(60-21-9-3-10-22-60)63-47-41-59(42-48-63)66-50-49-65(68-25-13-14-26-69(66)68)57-37-39-58(40-38-57)67-51-52-72(71-28-16-15-27-70(67)71)74(61-23-11-4-12-24-61)64-45-35-56(36-46-64)32-30-54-19-7-2-8-20-54/h1-52H. The van der Waals surface area contributed by atoms with Crippen LogP contribution in [0.25, 0.3) is 79.2 Å². The van der Waals surface area contributed by atoms with E-state index in [0.717, 1.165) is 45.3 Å². The molecule has 0 fully saturated rings. The van der Waals surface area contributed by atoms with Crippen molar-refractivity contribution < 1.29 is 0 Å². The van der Waals surface area contributed by atoms with Crippen molar-refractivity contribution in [3.05, 3.63) is 313 Å². The van der Waals surface area contributed by atoms with Crippen molar-refractivity contribution in [3.8, 4) is 33.4 Å². The molecule has 2 heteroatoms. The maximum atomic E-state index is 2.37. The molecule has 0 bridgehead atoms. The van der Waals surface area contributed by atoms with Gasteiger partial charge in [-0.25, -0.2) is 0 Å². The van der Waals surface area contributed by atoms with Gasteiger partial charge in [0.25, 0.3) is 0 Å². The molecule has 0 saturated carbocycles. The lowest BCUT2D eigenvalue weighted by molar-refractivity contribution is 1.28. The van der Waals surface area contributed by atoms with Gasteiger partial charge in [0.2, 0.25) is 0 Å². The van der Waals surface area contributed by atoms with Crippen molar-refractivity contribution in [3.63, 3.8) is 0 Å². The molecule has 2 nitrogen and oxygen atoms in total. The average Bonchev–Trinajstić information content (AvgIpc) is 3.48. The summed E-state index contributed by atoms with van der Waals surface area (Å²) < 4.78 is 0. The Balaban J connectivity index is 0.828. The summed E-state index contributed by atoms with van der Waals surface area (Å²) in [6.45, 7) is 0. The molecule has 0 aliphatic heterocycles.